The second-order valence-electron chi connectivity index (χ2n) is 3.78. The summed E-state index contributed by atoms with van der Waals surface area (Å²) in [6, 6.07) is 4.81. The van der Waals surface area contributed by atoms with Gasteiger partial charge in [0, 0.05) is 11.1 Å². The third-order valence-corrected chi connectivity index (χ3v) is 3.76. The van der Waals surface area contributed by atoms with Crippen molar-refractivity contribution in [2.75, 3.05) is 0 Å². The summed E-state index contributed by atoms with van der Waals surface area (Å²) in [6.07, 6.45) is -4.57. The molecular weight excluding hydrogens is 357 g/mol. The highest BCUT2D eigenvalue weighted by Crippen LogP contribution is 2.39. The second kappa shape index (κ2) is 5.60. The minimum atomic E-state index is -4.57. The van der Waals surface area contributed by atoms with E-state index in [-0.39, 0.29) is 25.8 Å². The molecule has 1 nitrogen and oxygen atoms in total. The summed E-state index contributed by atoms with van der Waals surface area (Å²) in [6.45, 7) is 0. The fourth-order valence-corrected chi connectivity index (χ4v) is 2.43. The maximum atomic E-state index is 12.5. The summed E-state index contributed by atoms with van der Waals surface area (Å²) in [5.41, 5.74) is -0.488. The molecule has 0 bridgehead atoms. The Hall–Kier alpha value is -0.680. The molecular formula is C12H4Cl4F3N. The Bertz CT molecular complexity index is 670. The van der Waals surface area contributed by atoms with Gasteiger partial charge in [-0.25, -0.2) is 4.98 Å². The molecule has 0 aliphatic carbocycles. The Labute approximate surface area is 132 Å². The zero-order valence-electron chi connectivity index (χ0n) is 9.40. The summed E-state index contributed by atoms with van der Waals surface area (Å²) < 4.78 is 37.5. The number of nitrogens with zero attached hydrogens (tertiary/aromatic N) is 1. The van der Waals surface area contributed by atoms with Crippen LogP contribution in [-0.2, 0) is 6.18 Å². The number of hydrogen-bond acceptors (Lipinski definition) is 1. The highest BCUT2D eigenvalue weighted by atomic mass is 35.5. The van der Waals surface area contributed by atoms with Gasteiger partial charge in [0.1, 0.15) is 10.8 Å². The highest BCUT2D eigenvalue weighted by molar-refractivity contribution is 6.44. The van der Waals surface area contributed by atoms with Gasteiger partial charge in [-0.15, -0.1) is 0 Å². The molecule has 0 aliphatic rings. The van der Waals surface area contributed by atoms with Crippen LogP contribution in [0.4, 0.5) is 13.2 Å². The fraction of sp³-hybridized carbons (Fsp3) is 0.0833. The van der Waals surface area contributed by atoms with Crippen molar-refractivity contribution in [2.24, 2.45) is 0 Å². The van der Waals surface area contributed by atoms with Crippen molar-refractivity contribution in [1.82, 2.24) is 4.98 Å². The summed E-state index contributed by atoms with van der Waals surface area (Å²) >= 11 is 23.4. The SMILES string of the molecule is FC(F)(F)c1ccc(-c2cc(Cl)c(Cl)cc2Cl)c(Cl)n1. The smallest absolute Gasteiger partial charge is 0.231 e. The minimum absolute atomic E-state index is 0.210. The van der Waals surface area contributed by atoms with Gasteiger partial charge in [0.05, 0.1) is 15.1 Å². The van der Waals surface area contributed by atoms with E-state index in [1.54, 1.807) is 0 Å². The molecule has 0 atom stereocenters. The molecule has 0 fully saturated rings. The van der Waals surface area contributed by atoms with Crippen molar-refractivity contribution in [3.05, 3.63) is 50.2 Å². The van der Waals surface area contributed by atoms with Gasteiger partial charge in [-0.2, -0.15) is 13.2 Å². The molecule has 106 valence electrons. The van der Waals surface area contributed by atoms with Crippen molar-refractivity contribution in [3.8, 4) is 11.1 Å². The van der Waals surface area contributed by atoms with Crippen molar-refractivity contribution >= 4 is 46.4 Å². The van der Waals surface area contributed by atoms with Gasteiger partial charge in [0.25, 0.3) is 0 Å². The second-order valence-corrected chi connectivity index (χ2v) is 5.36. The number of alkyl halides is 3. The van der Waals surface area contributed by atoms with Crippen LogP contribution in [0.3, 0.4) is 0 Å². The third kappa shape index (κ3) is 3.14. The van der Waals surface area contributed by atoms with Crippen LogP contribution in [0.5, 0.6) is 0 Å². The van der Waals surface area contributed by atoms with Gasteiger partial charge in [-0.05, 0) is 24.3 Å². The van der Waals surface area contributed by atoms with Crippen LogP contribution in [0.2, 0.25) is 20.2 Å². The predicted molar refractivity (Wildman–Crippen MR) is 74.7 cm³/mol. The van der Waals surface area contributed by atoms with Crippen molar-refractivity contribution < 1.29 is 13.2 Å². The number of aromatic nitrogens is 1. The number of rotatable bonds is 1. The molecule has 0 unspecified atom stereocenters. The molecule has 20 heavy (non-hydrogen) atoms. The van der Waals surface area contributed by atoms with Crippen LogP contribution in [0, 0.1) is 0 Å². The first-order valence-corrected chi connectivity index (χ1v) is 6.60. The van der Waals surface area contributed by atoms with Crippen LogP contribution >= 0.6 is 46.4 Å². The Balaban J connectivity index is 2.57. The van der Waals surface area contributed by atoms with Crippen LogP contribution in [0.25, 0.3) is 11.1 Å². The number of pyridine rings is 1. The van der Waals surface area contributed by atoms with Crippen LogP contribution in [-0.4, -0.2) is 4.98 Å². The van der Waals surface area contributed by atoms with Gasteiger partial charge in [-0.3, -0.25) is 0 Å². The average molecular weight is 361 g/mol. The first-order chi connectivity index (χ1) is 9.20. The molecule has 0 spiro atoms. The van der Waals surface area contributed by atoms with E-state index in [1.807, 2.05) is 0 Å². The summed E-state index contributed by atoms with van der Waals surface area (Å²) in [7, 11) is 0. The van der Waals surface area contributed by atoms with E-state index in [2.05, 4.69) is 4.98 Å². The predicted octanol–water partition coefficient (Wildman–Crippen LogP) is 6.38. The van der Waals surface area contributed by atoms with Crippen LogP contribution in [0.15, 0.2) is 24.3 Å². The first kappa shape index (κ1) is 15.7. The first-order valence-electron chi connectivity index (χ1n) is 5.09. The molecule has 1 aromatic carbocycles. The zero-order chi connectivity index (χ0) is 15.1. The molecule has 2 aromatic rings. The number of benzene rings is 1. The minimum Gasteiger partial charge on any atom is -0.231 e. The van der Waals surface area contributed by atoms with Crippen molar-refractivity contribution in [1.29, 1.82) is 0 Å². The Morgan fingerprint density at radius 2 is 1.40 bits per heavy atom. The lowest BCUT2D eigenvalue weighted by molar-refractivity contribution is -0.141. The molecule has 1 heterocycles. The molecule has 8 heteroatoms. The average Bonchev–Trinajstić information content (AvgIpc) is 2.33. The van der Waals surface area contributed by atoms with Gasteiger partial charge >= 0.3 is 6.18 Å². The Kier molecular flexibility index (Phi) is 4.40. The molecule has 2 rings (SSSR count). The number of halogens is 7. The van der Waals surface area contributed by atoms with Crippen LogP contribution < -0.4 is 0 Å². The van der Waals surface area contributed by atoms with E-state index in [4.69, 9.17) is 46.4 Å². The lowest BCUT2D eigenvalue weighted by atomic mass is 10.1. The molecule has 0 radical (unpaired) electrons. The summed E-state index contributed by atoms with van der Waals surface area (Å²) in [5.74, 6) is 0. The molecule has 0 aliphatic heterocycles. The Morgan fingerprint density at radius 1 is 0.800 bits per heavy atom. The van der Waals surface area contributed by atoms with E-state index in [0.717, 1.165) is 6.07 Å². The lowest BCUT2D eigenvalue weighted by Crippen LogP contribution is -2.08. The molecule has 1 aromatic heterocycles. The van der Waals surface area contributed by atoms with Crippen LogP contribution in [0.1, 0.15) is 5.69 Å². The maximum Gasteiger partial charge on any atom is 0.433 e. The topological polar surface area (TPSA) is 12.9 Å². The van der Waals surface area contributed by atoms with E-state index in [9.17, 15) is 13.2 Å². The largest absolute Gasteiger partial charge is 0.433 e. The van der Waals surface area contributed by atoms with Gasteiger partial charge < -0.3 is 0 Å². The Morgan fingerprint density at radius 3 is 1.95 bits per heavy atom. The normalized spacial score (nSPS) is 11.8. The molecule has 0 saturated heterocycles. The summed E-state index contributed by atoms with van der Waals surface area (Å²) in [4.78, 5) is 3.32. The highest BCUT2D eigenvalue weighted by Gasteiger charge is 2.33. The molecule has 0 saturated carbocycles. The van der Waals surface area contributed by atoms with E-state index < -0.39 is 11.9 Å². The standard InChI is InChI=1S/C12H4Cl4F3N/c13-7-4-9(15)8(14)3-6(7)5-1-2-10(12(17,18)19)20-11(5)16/h1-4H. The lowest BCUT2D eigenvalue weighted by Gasteiger charge is -2.11. The zero-order valence-corrected chi connectivity index (χ0v) is 12.4. The van der Waals surface area contributed by atoms with Crippen molar-refractivity contribution in [3.63, 3.8) is 0 Å². The van der Waals surface area contributed by atoms with E-state index in [1.165, 1.54) is 18.2 Å². The third-order valence-electron chi connectivity index (χ3n) is 2.44. The van der Waals surface area contributed by atoms with Gasteiger partial charge in [0.15, 0.2) is 0 Å². The summed E-state index contributed by atoms with van der Waals surface area (Å²) in [5, 5.41) is 0.335. The quantitative estimate of drug-likeness (QED) is 0.424. The van der Waals surface area contributed by atoms with Gasteiger partial charge in [0.2, 0.25) is 0 Å². The monoisotopic (exact) mass is 359 g/mol. The van der Waals surface area contributed by atoms with E-state index in [0.29, 0.717) is 5.56 Å². The number of hydrogen-bond donors (Lipinski definition) is 0. The van der Waals surface area contributed by atoms with Crippen molar-refractivity contribution in [2.45, 2.75) is 6.18 Å². The van der Waals surface area contributed by atoms with Gasteiger partial charge in [-0.1, -0.05) is 46.4 Å². The molecule has 0 amide bonds. The fourth-order valence-electron chi connectivity index (χ4n) is 1.52. The maximum absolute atomic E-state index is 12.5. The molecule has 0 N–H and O–H groups in total. The van der Waals surface area contributed by atoms with E-state index >= 15 is 0 Å².